The molecule has 2 N–H and O–H groups in total. The van der Waals surface area contributed by atoms with Crippen LogP contribution in [0.5, 0.6) is 11.5 Å². The third kappa shape index (κ3) is 6.93. The molecule has 0 bridgehead atoms. The Labute approximate surface area is 314 Å². The number of amides is 4. The highest BCUT2D eigenvalue weighted by atomic mass is 35.5. The minimum absolute atomic E-state index is 0.0227. The Bertz CT molecular complexity index is 2160. The number of benzene rings is 1. The van der Waals surface area contributed by atoms with Crippen molar-refractivity contribution in [1.82, 2.24) is 34.6 Å². The van der Waals surface area contributed by atoms with E-state index in [0.717, 1.165) is 17.3 Å². The van der Waals surface area contributed by atoms with Gasteiger partial charge < -0.3 is 24.6 Å². The molecule has 0 spiro atoms. The lowest BCUT2D eigenvalue weighted by atomic mass is 10.1. The molecule has 0 unspecified atom stereocenters. The van der Waals surface area contributed by atoms with Crippen LogP contribution in [0.25, 0.3) is 16.7 Å². The van der Waals surface area contributed by atoms with E-state index in [2.05, 4.69) is 20.1 Å². The lowest BCUT2D eigenvalue weighted by Gasteiger charge is -2.30. The van der Waals surface area contributed by atoms with E-state index in [0.29, 0.717) is 43.8 Å². The van der Waals surface area contributed by atoms with Crippen molar-refractivity contribution in [3.8, 4) is 17.3 Å². The van der Waals surface area contributed by atoms with Gasteiger partial charge in [-0.15, -0.1) is 0 Å². The molecule has 290 valence electrons. The van der Waals surface area contributed by atoms with E-state index in [-0.39, 0.29) is 53.1 Å². The summed E-state index contributed by atoms with van der Waals surface area (Å²) in [5.41, 5.74) is -2.41. The van der Waals surface area contributed by atoms with Crippen LogP contribution in [0.2, 0.25) is 5.02 Å². The molecule has 0 radical (unpaired) electrons. The fraction of sp³-hybridized carbons (Fsp3) is 0.514. The molecule has 2 aliphatic heterocycles. The highest BCUT2D eigenvalue weighted by Crippen LogP contribution is 2.48. The van der Waals surface area contributed by atoms with E-state index in [9.17, 15) is 36.0 Å². The molecule has 19 heteroatoms. The lowest BCUT2D eigenvalue weighted by Crippen LogP contribution is -2.58. The van der Waals surface area contributed by atoms with Crippen molar-refractivity contribution in [3.63, 3.8) is 0 Å². The summed E-state index contributed by atoms with van der Waals surface area (Å²) in [6.07, 6.45) is 2.79. The summed E-state index contributed by atoms with van der Waals surface area (Å²) in [6.45, 7) is 1.86. The van der Waals surface area contributed by atoms with Gasteiger partial charge >= 0.3 is 12.2 Å². The molecule has 2 aliphatic carbocycles. The van der Waals surface area contributed by atoms with Gasteiger partial charge in [-0.05, 0) is 57.6 Å². The number of hydrogen-bond donors (Lipinski definition) is 2. The predicted molar refractivity (Wildman–Crippen MR) is 190 cm³/mol. The third-order valence-corrected chi connectivity index (χ3v) is 13.3. The van der Waals surface area contributed by atoms with Crippen LogP contribution in [0, 0.1) is 5.92 Å². The van der Waals surface area contributed by atoms with E-state index in [1.54, 1.807) is 26.1 Å². The fourth-order valence-electron chi connectivity index (χ4n) is 6.95. The number of nitrogens with one attached hydrogen (secondary N) is 2. The number of likely N-dealkylation sites (N-methyl/N-ethyl adjacent to an activating group) is 1. The average molecular weight is 794 g/mol. The van der Waals surface area contributed by atoms with Gasteiger partial charge in [-0.25, -0.2) is 22.9 Å². The number of rotatable bonds is 7. The van der Waals surface area contributed by atoms with Gasteiger partial charge in [0, 0.05) is 43.6 Å². The van der Waals surface area contributed by atoms with Crippen molar-refractivity contribution in [1.29, 1.82) is 0 Å². The molecular weight excluding hydrogens is 755 g/mol. The van der Waals surface area contributed by atoms with Gasteiger partial charge in [0.05, 0.1) is 35.7 Å². The predicted octanol–water partition coefficient (Wildman–Crippen LogP) is 4.59. The number of methoxy groups -OCH3 is 1. The van der Waals surface area contributed by atoms with Crippen LogP contribution in [0.1, 0.15) is 57.4 Å². The second-order valence-corrected chi connectivity index (χ2v) is 17.1. The minimum atomic E-state index is -4.66. The summed E-state index contributed by atoms with van der Waals surface area (Å²) < 4.78 is 80.4. The number of hydrogen-bond acceptors (Lipinski definition) is 9. The number of halogens is 4. The number of fused-ring (bicyclic) bond motifs is 3. The summed E-state index contributed by atoms with van der Waals surface area (Å²) in [5.74, 6) is -1.33. The lowest BCUT2D eigenvalue weighted by molar-refractivity contribution is -0.137. The van der Waals surface area contributed by atoms with Gasteiger partial charge in [0.25, 0.3) is 5.91 Å². The van der Waals surface area contributed by atoms with Crippen LogP contribution in [0.15, 0.2) is 42.7 Å². The second kappa shape index (κ2) is 13.6. The normalized spacial score (nSPS) is 26.3. The first-order chi connectivity index (χ1) is 25.5. The van der Waals surface area contributed by atoms with Gasteiger partial charge in [-0.2, -0.15) is 18.3 Å². The van der Waals surface area contributed by atoms with Crippen LogP contribution in [-0.4, -0.2) is 101 Å². The minimum Gasteiger partial charge on any atom is -0.495 e. The van der Waals surface area contributed by atoms with Gasteiger partial charge in [-0.3, -0.25) is 14.3 Å². The Kier molecular flexibility index (Phi) is 9.51. The number of pyridine rings is 1. The summed E-state index contributed by atoms with van der Waals surface area (Å²) in [5, 5.41) is 7.08. The molecule has 2 saturated carbocycles. The first-order valence-corrected chi connectivity index (χ1v) is 19.4. The molecule has 4 amide bonds. The van der Waals surface area contributed by atoms with Crippen molar-refractivity contribution in [2.24, 2.45) is 5.92 Å². The summed E-state index contributed by atoms with van der Waals surface area (Å²) in [4.78, 5) is 49.1. The summed E-state index contributed by atoms with van der Waals surface area (Å²) in [6, 6.07) is 2.80. The largest absolute Gasteiger partial charge is 0.495 e. The molecule has 7 rings (SSSR count). The fourth-order valence-corrected chi connectivity index (χ4v) is 8.54. The van der Waals surface area contributed by atoms with Crippen molar-refractivity contribution in [2.75, 3.05) is 27.2 Å². The SMILES string of the molecule is COc1ccc2c(O[C@H]3C[C@H]4C(=O)N(C)CCCC/C=C/[C@@H]5C[C@@]5(C(=O)NS(=O)(=O)C5(C)CC5)NC(=O)N4C3)cc(-n3cc(C(F)(F)F)cn3)nc2c1Cl. The van der Waals surface area contributed by atoms with Crippen LogP contribution in [-0.2, 0) is 25.8 Å². The Morgan fingerprint density at radius 1 is 1.17 bits per heavy atom. The highest BCUT2D eigenvalue weighted by molar-refractivity contribution is 7.91. The first kappa shape index (κ1) is 37.7. The van der Waals surface area contributed by atoms with Crippen molar-refractivity contribution < 1.29 is 45.4 Å². The number of alkyl halides is 3. The molecule has 3 fully saturated rings. The molecule has 4 atom stereocenters. The maximum Gasteiger partial charge on any atom is 0.419 e. The van der Waals surface area contributed by atoms with E-state index in [1.165, 1.54) is 23.0 Å². The van der Waals surface area contributed by atoms with E-state index >= 15 is 0 Å². The van der Waals surface area contributed by atoms with Gasteiger partial charge in [-0.1, -0.05) is 23.8 Å². The summed E-state index contributed by atoms with van der Waals surface area (Å²) >= 11 is 6.62. The Morgan fingerprint density at radius 2 is 1.93 bits per heavy atom. The van der Waals surface area contributed by atoms with Crippen molar-refractivity contribution >= 4 is 50.4 Å². The summed E-state index contributed by atoms with van der Waals surface area (Å²) in [7, 11) is -0.974. The number of aromatic nitrogens is 3. The van der Waals surface area contributed by atoms with Gasteiger partial charge in [0.15, 0.2) is 5.82 Å². The molecule has 1 aromatic carbocycles. The molecular formula is C35H39ClF3N7O7S. The topological polar surface area (TPSA) is 165 Å². The number of carbonyl (C=O) groups excluding carboxylic acids is 3. The molecule has 3 aromatic rings. The van der Waals surface area contributed by atoms with Crippen molar-refractivity contribution in [3.05, 3.63) is 53.3 Å². The van der Waals surface area contributed by atoms with Crippen LogP contribution < -0.4 is 19.5 Å². The first-order valence-electron chi connectivity index (χ1n) is 17.5. The van der Waals surface area contributed by atoms with E-state index in [1.807, 2.05) is 12.2 Å². The molecule has 14 nitrogen and oxygen atoms in total. The number of nitrogens with zero attached hydrogens (tertiary/aromatic N) is 5. The van der Waals surface area contributed by atoms with Gasteiger partial charge in [0.2, 0.25) is 15.9 Å². The molecule has 4 aliphatic rings. The Hall–Kier alpha value is -4.58. The van der Waals surface area contributed by atoms with E-state index < -0.39 is 62.1 Å². The smallest absolute Gasteiger partial charge is 0.419 e. The third-order valence-electron chi connectivity index (χ3n) is 10.7. The standard InChI is InChI=1S/C35H39ClF3N7O7S/c1-33(11-12-33)54(50,51)43-31(48)34-16-20(34)8-6-4-5-7-13-44(2)30(47)24-14-22(19-45(24)32(49)42-34)53-26-15-27(46-18-21(17-40-46)35(37,38)39)41-29-23(26)9-10-25(52-3)28(29)36/h6,8-10,15,17-18,20,22,24H,4-5,7,11-14,16,19H2,1-3H3,(H,42,49)(H,43,48)/b8-6+/t20-,22+,24+,34-/m1/s1. The zero-order chi connectivity index (χ0) is 38.8. The highest BCUT2D eigenvalue weighted by Gasteiger charge is 2.63. The maximum atomic E-state index is 14.2. The number of ether oxygens (including phenoxy) is 2. The van der Waals surface area contributed by atoms with Crippen molar-refractivity contribution in [2.45, 2.75) is 80.5 Å². The monoisotopic (exact) mass is 793 g/mol. The average Bonchev–Trinajstić information content (AvgIpc) is 3.88. The number of urea groups is 1. The zero-order valence-electron chi connectivity index (χ0n) is 29.7. The van der Waals surface area contributed by atoms with Crippen LogP contribution >= 0.6 is 11.6 Å². The quantitative estimate of drug-likeness (QED) is 0.326. The van der Waals surface area contributed by atoms with Crippen LogP contribution in [0.3, 0.4) is 0 Å². The van der Waals surface area contributed by atoms with E-state index in [4.69, 9.17) is 21.1 Å². The number of carbonyl (C=O) groups is 3. The molecule has 4 heterocycles. The Morgan fingerprint density at radius 3 is 2.61 bits per heavy atom. The molecule has 2 aromatic heterocycles. The second-order valence-electron chi connectivity index (χ2n) is 14.6. The zero-order valence-corrected chi connectivity index (χ0v) is 31.2. The maximum absolute atomic E-state index is 14.2. The molecule has 54 heavy (non-hydrogen) atoms. The number of sulfonamides is 1. The Balaban J connectivity index is 1.21. The molecule has 1 saturated heterocycles. The van der Waals surface area contributed by atoms with Gasteiger partial charge in [0.1, 0.15) is 34.2 Å². The number of allylic oxidation sites excluding steroid dienone is 1. The van der Waals surface area contributed by atoms with Crippen LogP contribution in [0.4, 0.5) is 18.0 Å².